The second-order valence-electron chi connectivity index (χ2n) is 7.34. The van der Waals surface area contributed by atoms with Crippen molar-refractivity contribution in [3.63, 3.8) is 0 Å². The highest BCUT2D eigenvalue weighted by atomic mass is 16.5. The Morgan fingerprint density at radius 1 is 1.17 bits per heavy atom. The first-order chi connectivity index (χ1) is 11.1. The minimum Gasteiger partial charge on any atom is -0.378 e. The van der Waals surface area contributed by atoms with E-state index in [4.69, 9.17) is 9.72 Å². The first-order valence-corrected chi connectivity index (χ1v) is 9.19. The van der Waals surface area contributed by atoms with Gasteiger partial charge in [-0.1, -0.05) is 26.3 Å². The molecule has 0 amide bonds. The Bertz CT molecular complexity index is 511. The van der Waals surface area contributed by atoms with E-state index < -0.39 is 0 Å². The van der Waals surface area contributed by atoms with Crippen molar-refractivity contribution in [3.8, 4) is 0 Å². The molecule has 2 aliphatic heterocycles. The maximum atomic E-state index is 5.45. The lowest BCUT2D eigenvalue weighted by Crippen LogP contribution is -2.38. The number of ether oxygens (including phenoxy) is 1. The smallest absolute Gasteiger partial charge is 0.128 e. The van der Waals surface area contributed by atoms with Crippen LogP contribution in [0.25, 0.3) is 0 Å². The van der Waals surface area contributed by atoms with Gasteiger partial charge in [0, 0.05) is 31.4 Å². The SMILES string of the molecule is Cc1nc(N2CCOCC2)ccc1[C@@H]1CCCCN1CC(C)C. The van der Waals surface area contributed by atoms with Gasteiger partial charge in [0.05, 0.1) is 13.2 Å². The van der Waals surface area contributed by atoms with Gasteiger partial charge in [0.1, 0.15) is 5.82 Å². The van der Waals surface area contributed by atoms with E-state index in [0.717, 1.165) is 38.0 Å². The molecule has 0 bridgehead atoms. The summed E-state index contributed by atoms with van der Waals surface area (Å²) in [7, 11) is 0. The number of hydrogen-bond acceptors (Lipinski definition) is 4. The Balaban J connectivity index is 1.78. The van der Waals surface area contributed by atoms with Gasteiger partial charge >= 0.3 is 0 Å². The molecule has 0 aliphatic carbocycles. The topological polar surface area (TPSA) is 28.6 Å². The molecular weight excluding hydrogens is 286 g/mol. The number of likely N-dealkylation sites (tertiary alicyclic amines) is 1. The predicted octanol–water partition coefficient (Wildman–Crippen LogP) is 3.41. The van der Waals surface area contributed by atoms with Gasteiger partial charge in [-0.25, -0.2) is 4.98 Å². The molecule has 0 unspecified atom stereocenters. The molecule has 0 radical (unpaired) electrons. The van der Waals surface area contributed by atoms with Crippen LogP contribution in [0.1, 0.15) is 50.4 Å². The summed E-state index contributed by atoms with van der Waals surface area (Å²) >= 11 is 0. The van der Waals surface area contributed by atoms with Crippen molar-refractivity contribution < 1.29 is 4.74 Å². The molecule has 0 saturated carbocycles. The van der Waals surface area contributed by atoms with Gasteiger partial charge in [-0.2, -0.15) is 0 Å². The number of rotatable bonds is 4. The van der Waals surface area contributed by atoms with E-state index in [1.54, 1.807) is 0 Å². The summed E-state index contributed by atoms with van der Waals surface area (Å²) in [5.41, 5.74) is 2.64. The zero-order chi connectivity index (χ0) is 16.2. The van der Waals surface area contributed by atoms with E-state index in [2.05, 4.69) is 42.7 Å². The Hall–Kier alpha value is -1.13. The van der Waals surface area contributed by atoms with Crippen LogP contribution in [-0.2, 0) is 4.74 Å². The van der Waals surface area contributed by atoms with Crippen LogP contribution in [0.5, 0.6) is 0 Å². The molecule has 2 saturated heterocycles. The molecule has 3 rings (SSSR count). The molecule has 1 aromatic rings. The second kappa shape index (κ2) is 7.63. The summed E-state index contributed by atoms with van der Waals surface area (Å²) in [5, 5.41) is 0. The molecule has 1 aromatic heterocycles. The molecule has 2 fully saturated rings. The normalized spacial score (nSPS) is 23.5. The van der Waals surface area contributed by atoms with Crippen molar-refractivity contribution in [2.75, 3.05) is 44.3 Å². The van der Waals surface area contributed by atoms with E-state index in [1.165, 1.54) is 43.6 Å². The van der Waals surface area contributed by atoms with E-state index in [0.29, 0.717) is 6.04 Å². The molecule has 128 valence electrons. The average molecular weight is 317 g/mol. The zero-order valence-corrected chi connectivity index (χ0v) is 14.9. The molecule has 0 aromatic carbocycles. The van der Waals surface area contributed by atoms with Crippen LogP contribution in [0, 0.1) is 12.8 Å². The van der Waals surface area contributed by atoms with Crippen LogP contribution in [0.2, 0.25) is 0 Å². The Morgan fingerprint density at radius 3 is 2.65 bits per heavy atom. The molecular formula is C19H31N3O. The first kappa shape index (κ1) is 16.7. The fourth-order valence-electron chi connectivity index (χ4n) is 3.91. The molecule has 1 atom stereocenters. The van der Waals surface area contributed by atoms with Gasteiger partial charge in [0.25, 0.3) is 0 Å². The van der Waals surface area contributed by atoms with Crippen LogP contribution in [0.3, 0.4) is 0 Å². The highest BCUT2D eigenvalue weighted by molar-refractivity contribution is 5.43. The molecule has 2 aliphatic rings. The quantitative estimate of drug-likeness (QED) is 0.851. The summed E-state index contributed by atoms with van der Waals surface area (Å²) in [6.07, 6.45) is 3.94. The molecule has 3 heterocycles. The van der Waals surface area contributed by atoms with Crippen molar-refractivity contribution in [3.05, 3.63) is 23.4 Å². The third-order valence-corrected chi connectivity index (χ3v) is 5.02. The van der Waals surface area contributed by atoms with Gasteiger partial charge in [0.2, 0.25) is 0 Å². The van der Waals surface area contributed by atoms with Gasteiger partial charge < -0.3 is 9.64 Å². The number of morpholine rings is 1. The Labute approximate surface area is 140 Å². The number of piperidine rings is 1. The van der Waals surface area contributed by atoms with Gasteiger partial charge in [-0.05, 0) is 43.9 Å². The summed E-state index contributed by atoms with van der Waals surface area (Å²) in [6, 6.07) is 5.10. The predicted molar refractivity (Wildman–Crippen MR) is 95.0 cm³/mol. The molecule has 23 heavy (non-hydrogen) atoms. The summed E-state index contributed by atoms with van der Waals surface area (Å²) in [5.74, 6) is 1.83. The van der Waals surface area contributed by atoms with Crippen LogP contribution in [0.15, 0.2) is 12.1 Å². The average Bonchev–Trinajstić information content (AvgIpc) is 2.56. The Kier molecular flexibility index (Phi) is 5.54. The largest absolute Gasteiger partial charge is 0.378 e. The van der Waals surface area contributed by atoms with E-state index >= 15 is 0 Å². The number of aromatic nitrogens is 1. The number of hydrogen-bond donors (Lipinski definition) is 0. The van der Waals surface area contributed by atoms with Crippen LogP contribution < -0.4 is 4.90 Å². The van der Waals surface area contributed by atoms with Crippen LogP contribution in [0.4, 0.5) is 5.82 Å². The van der Waals surface area contributed by atoms with Gasteiger partial charge in [0.15, 0.2) is 0 Å². The Morgan fingerprint density at radius 2 is 1.96 bits per heavy atom. The van der Waals surface area contributed by atoms with Crippen molar-refractivity contribution in [2.45, 2.75) is 46.1 Å². The number of anilines is 1. The lowest BCUT2D eigenvalue weighted by molar-refractivity contribution is 0.122. The van der Waals surface area contributed by atoms with Gasteiger partial charge in [-0.3, -0.25) is 4.90 Å². The second-order valence-corrected chi connectivity index (χ2v) is 7.34. The first-order valence-electron chi connectivity index (χ1n) is 9.19. The molecule has 0 spiro atoms. The lowest BCUT2D eigenvalue weighted by atomic mass is 9.93. The number of aryl methyl sites for hydroxylation is 1. The highest BCUT2D eigenvalue weighted by Crippen LogP contribution is 2.33. The van der Waals surface area contributed by atoms with Crippen molar-refractivity contribution in [1.29, 1.82) is 0 Å². The maximum Gasteiger partial charge on any atom is 0.128 e. The summed E-state index contributed by atoms with van der Waals surface area (Å²) < 4.78 is 5.45. The van der Waals surface area contributed by atoms with Crippen molar-refractivity contribution in [2.24, 2.45) is 5.92 Å². The van der Waals surface area contributed by atoms with Crippen LogP contribution >= 0.6 is 0 Å². The highest BCUT2D eigenvalue weighted by Gasteiger charge is 2.26. The fourth-order valence-corrected chi connectivity index (χ4v) is 3.91. The van der Waals surface area contributed by atoms with E-state index in [1.807, 2.05) is 0 Å². The van der Waals surface area contributed by atoms with Crippen molar-refractivity contribution >= 4 is 5.82 Å². The van der Waals surface area contributed by atoms with Gasteiger partial charge in [-0.15, -0.1) is 0 Å². The number of nitrogens with zero attached hydrogens (tertiary/aromatic N) is 3. The molecule has 4 heteroatoms. The monoisotopic (exact) mass is 317 g/mol. The molecule has 4 nitrogen and oxygen atoms in total. The third-order valence-electron chi connectivity index (χ3n) is 5.02. The zero-order valence-electron chi connectivity index (χ0n) is 14.9. The maximum absolute atomic E-state index is 5.45. The van der Waals surface area contributed by atoms with E-state index in [9.17, 15) is 0 Å². The minimum absolute atomic E-state index is 0.553. The fraction of sp³-hybridized carbons (Fsp3) is 0.737. The lowest BCUT2D eigenvalue weighted by Gasteiger charge is -2.38. The van der Waals surface area contributed by atoms with Crippen LogP contribution in [-0.4, -0.2) is 49.3 Å². The third kappa shape index (κ3) is 4.04. The number of pyridine rings is 1. The molecule has 0 N–H and O–H groups in total. The standard InChI is InChI=1S/C19H31N3O/c1-15(2)14-22-9-5-4-6-18(22)17-7-8-19(20-16(17)3)21-10-12-23-13-11-21/h7-8,15,18H,4-6,9-14H2,1-3H3/t18-/m0/s1. The summed E-state index contributed by atoms with van der Waals surface area (Å²) in [6.45, 7) is 12.8. The minimum atomic E-state index is 0.553. The van der Waals surface area contributed by atoms with Crippen molar-refractivity contribution in [1.82, 2.24) is 9.88 Å². The van der Waals surface area contributed by atoms with E-state index in [-0.39, 0.29) is 0 Å². The summed E-state index contributed by atoms with van der Waals surface area (Å²) in [4.78, 5) is 9.94.